The Morgan fingerprint density at radius 2 is 2.08 bits per heavy atom. The third-order valence-electron chi connectivity index (χ3n) is 1.79. The van der Waals surface area contributed by atoms with E-state index in [9.17, 15) is 4.57 Å². The van der Waals surface area contributed by atoms with Gasteiger partial charge in [0.25, 0.3) is 0 Å². The van der Waals surface area contributed by atoms with Gasteiger partial charge < -0.3 is 14.5 Å². The average molecular weight is 197 g/mol. The fourth-order valence-electron chi connectivity index (χ4n) is 0.732. The molecule has 0 heterocycles. The van der Waals surface area contributed by atoms with Gasteiger partial charge in [0.15, 0.2) is 0 Å². The van der Waals surface area contributed by atoms with Crippen LogP contribution in [0, 0.1) is 0 Å². The Labute approximate surface area is 72.5 Å². The van der Waals surface area contributed by atoms with Gasteiger partial charge in [0.1, 0.15) is 0 Å². The number of rotatable bonds is 5. The first kappa shape index (κ1) is 12.1. The highest BCUT2D eigenvalue weighted by molar-refractivity contribution is 7.49. The van der Waals surface area contributed by atoms with Gasteiger partial charge in [-0.2, -0.15) is 0 Å². The Morgan fingerprint density at radius 1 is 1.58 bits per heavy atom. The van der Waals surface area contributed by atoms with Crippen molar-refractivity contribution < 1.29 is 19.1 Å². The fourth-order valence-corrected chi connectivity index (χ4v) is 1.36. The van der Waals surface area contributed by atoms with Crippen LogP contribution >= 0.6 is 7.75 Å². The maximum Gasteiger partial charge on any atom is 0.402 e. The molecule has 12 heavy (non-hydrogen) atoms. The minimum absolute atomic E-state index is 0.175. The molecule has 0 radical (unpaired) electrons. The molecule has 2 N–H and O–H groups in total. The van der Waals surface area contributed by atoms with Gasteiger partial charge >= 0.3 is 7.75 Å². The van der Waals surface area contributed by atoms with E-state index in [4.69, 9.17) is 14.5 Å². The average Bonchev–Trinajstić information content (AvgIpc) is 1.97. The highest BCUT2D eigenvalue weighted by Crippen LogP contribution is 2.40. The van der Waals surface area contributed by atoms with E-state index in [1.807, 2.05) is 0 Å². The molecule has 0 aromatic carbocycles. The van der Waals surface area contributed by atoms with Crippen LogP contribution in [0.5, 0.6) is 0 Å². The van der Waals surface area contributed by atoms with Gasteiger partial charge in [-0.25, -0.2) is 9.24 Å². The zero-order chi connectivity index (χ0) is 9.78. The summed E-state index contributed by atoms with van der Waals surface area (Å²) in [5, 5.41) is 0. The van der Waals surface area contributed by atoms with Crippen molar-refractivity contribution in [3.05, 3.63) is 0 Å². The second-order valence-electron chi connectivity index (χ2n) is 2.72. The second kappa shape index (κ2) is 4.94. The third kappa shape index (κ3) is 4.18. The molecule has 0 fully saturated rings. The van der Waals surface area contributed by atoms with Gasteiger partial charge in [-0.15, -0.1) is 0 Å². The lowest BCUT2D eigenvalue weighted by molar-refractivity contribution is 0.165. The number of nitrogens with zero attached hydrogens (tertiary/aromatic N) is 1. The molecule has 0 aliphatic carbocycles. The van der Waals surface area contributed by atoms with Crippen LogP contribution in [0.2, 0.25) is 0 Å². The molecule has 6 heteroatoms. The summed E-state index contributed by atoms with van der Waals surface area (Å²) >= 11 is 0. The second-order valence-corrected chi connectivity index (χ2v) is 4.37. The standard InChI is InChI=1S/C6H16NO4P/c1-6(4-5-11-3)7(2)12(8,9)10/h6H,4-5H2,1-3H3,(H2,8,9,10). The molecule has 0 aliphatic rings. The maximum absolute atomic E-state index is 10.7. The van der Waals surface area contributed by atoms with E-state index < -0.39 is 7.75 Å². The van der Waals surface area contributed by atoms with Crippen molar-refractivity contribution in [2.24, 2.45) is 0 Å². The predicted molar refractivity (Wildman–Crippen MR) is 45.8 cm³/mol. The molecular formula is C6H16NO4P. The van der Waals surface area contributed by atoms with Crippen molar-refractivity contribution in [1.29, 1.82) is 0 Å². The quantitative estimate of drug-likeness (QED) is 0.625. The van der Waals surface area contributed by atoms with Crippen molar-refractivity contribution in [2.45, 2.75) is 19.4 Å². The number of hydrogen-bond acceptors (Lipinski definition) is 2. The van der Waals surface area contributed by atoms with Gasteiger partial charge in [-0.05, 0) is 20.4 Å². The minimum Gasteiger partial charge on any atom is -0.385 e. The number of methoxy groups -OCH3 is 1. The predicted octanol–water partition coefficient (Wildman–Crippen LogP) is 0.436. The van der Waals surface area contributed by atoms with Crippen LogP contribution in [0.3, 0.4) is 0 Å². The van der Waals surface area contributed by atoms with E-state index >= 15 is 0 Å². The Kier molecular flexibility index (Phi) is 4.97. The van der Waals surface area contributed by atoms with Gasteiger partial charge in [0, 0.05) is 19.8 Å². The molecule has 0 aliphatic heterocycles. The molecular weight excluding hydrogens is 181 g/mol. The van der Waals surface area contributed by atoms with E-state index in [1.54, 1.807) is 14.0 Å². The highest BCUT2D eigenvalue weighted by Gasteiger charge is 2.25. The maximum atomic E-state index is 10.7. The van der Waals surface area contributed by atoms with E-state index in [0.29, 0.717) is 13.0 Å². The van der Waals surface area contributed by atoms with Crippen LogP contribution in [0.4, 0.5) is 0 Å². The fraction of sp³-hybridized carbons (Fsp3) is 1.00. The van der Waals surface area contributed by atoms with Crippen LogP contribution in [0.25, 0.3) is 0 Å². The lowest BCUT2D eigenvalue weighted by Crippen LogP contribution is -2.27. The zero-order valence-corrected chi connectivity index (χ0v) is 8.49. The van der Waals surface area contributed by atoms with Crippen LogP contribution in [0.15, 0.2) is 0 Å². The van der Waals surface area contributed by atoms with Gasteiger partial charge in [0.05, 0.1) is 0 Å². The van der Waals surface area contributed by atoms with Crippen molar-refractivity contribution in [2.75, 3.05) is 20.8 Å². The highest BCUT2D eigenvalue weighted by atomic mass is 31.2. The summed E-state index contributed by atoms with van der Waals surface area (Å²) in [5.74, 6) is 0. The summed E-state index contributed by atoms with van der Waals surface area (Å²) in [5.41, 5.74) is 0. The Hall–Kier alpha value is 0.0700. The molecule has 0 aromatic rings. The Balaban J connectivity index is 3.93. The van der Waals surface area contributed by atoms with E-state index in [2.05, 4.69) is 0 Å². The molecule has 0 saturated carbocycles. The van der Waals surface area contributed by atoms with Gasteiger partial charge in [-0.1, -0.05) is 0 Å². The van der Waals surface area contributed by atoms with E-state index in [1.165, 1.54) is 7.05 Å². The summed E-state index contributed by atoms with van der Waals surface area (Å²) in [4.78, 5) is 17.5. The molecule has 0 bridgehead atoms. The topological polar surface area (TPSA) is 70.0 Å². The van der Waals surface area contributed by atoms with Crippen molar-refractivity contribution in [1.82, 2.24) is 4.67 Å². The molecule has 0 amide bonds. The molecule has 0 rings (SSSR count). The summed E-state index contributed by atoms with van der Waals surface area (Å²) in [6, 6.07) is -0.175. The summed E-state index contributed by atoms with van der Waals surface area (Å²) in [7, 11) is -1.11. The Bertz CT molecular complexity index is 169. The SMILES string of the molecule is COCCC(C)N(C)P(=O)(O)O. The third-order valence-corrected chi connectivity index (χ3v) is 3.00. The van der Waals surface area contributed by atoms with Crippen LogP contribution in [0.1, 0.15) is 13.3 Å². The summed E-state index contributed by atoms with van der Waals surface area (Å²) < 4.78 is 16.6. The first-order chi connectivity index (χ1) is 5.39. The lowest BCUT2D eigenvalue weighted by atomic mass is 10.2. The summed E-state index contributed by atoms with van der Waals surface area (Å²) in [6.07, 6.45) is 0.609. The van der Waals surface area contributed by atoms with E-state index in [-0.39, 0.29) is 6.04 Å². The smallest absolute Gasteiger partial charge is 0.385 e. The molecule has 0 saturated heterocycles. The normalized spacial score (nSPS) is 15.2. The molecule has 1 atom stereocenters. The zero-order valence-electron chi connectivity index (χ0n) is 7.60. The van der Waals surface area contributed by atoms with Gasteiger partial charge in [0.2, 0.25) is 0 Å². The minimum atomic E-state index is -4.08. The van der Waals surface area contributed by atoms with Gasteiger partial charge in [-0.3, -0.25) is 0 Å². The summed E-state index contributed by atoms with van der Waals surface area (Å²) in [6.45, 7) is 2.25. The van der Waals surface area contributed by atoms with Crippen LogP contribution in [-0.4, -0.2) is 41.3 Å². The first-order valence-corrected chi connectivity index (χ1v) is 5.24. The van der Waals surface area contributed by atoms with Crippen molar-refractivity contribution in [3.63, 3.8) is 0 Å². The van der Waals surface area contributed by atoms with Crippen LogP contribution < -0.4 is 0 Å². The molecule has 1 unspecified atom stereocenters. The molecule has 74 valence electrons. The number of ether oxygens (including phenoxy) is 1. The molecule has 5 nitrogen and oxygen atoms in total. The lowest BCUT2D eigenvalue weighted by Gasteiger charge is -2.24. The van der Waals surface area contributed by atoms with Crippen molar-refractivity contribution >= 4 is 7.75 Å². The Morgan fingerprint density at radius 3 is 2.42 bits per heavy atom. The van der Waals surface area contributed by atoms with E-state index in [0.717, 1.165) is 4.67 Å². The van der Waals surface area contributed by atoms with Crippen molar-refractivity contribution in [3.8, 4) is 0 Å². The van der Waals surface area contributed by atoms with Crippen LogP contribution in [-0.2, 0) is 9.30 Å². The molecule has 0 spiro atoms. The molecule has 0 aromatic heterocycles. The largest absolute Gasteiger partial charge is 0.402 e. The number of hydrogen-bond donors (Lipinski definition) is 2. The first-order valence-electron chi connectivity index (χ1n) is 3.67. The monoisotopic (exact) mass is 197 g/mol.